The van der Waals surface area contributed by atoms with E-state index in [1.165, 1.54) is 19.1 Å². The molecule has 29 heavy (non-hydrogen) atoms. The van der Waals surface area contributed by atoms with Gasteiger partial charge in [0.15, 0.2) is 0 Å². The predicted molar refractivity (Wildman–Crippen MR) is 85.3 cm³/mol. The fourth-order valence-corrected chi connectivity index (χ4v) is 3.73. The van der Waals surface area contributed by atoms with Gasteiger partial charge in [-0.05, 0) is 36.1 Å². The summed E-state index contributed by atoms with van der Waals surface area (Å²) in [5.41, 5.74) is 0.696. The van der Waals surface area contributed by atoms with Crippen molar-refractivity contribution < 1.29 is 45.1 Å². The molecule has 0 radical (unpaired) electrons. The largest absolute Gasteiger partial charge is 0.466 e. The fourth-order valence-electron chi connectivity index (χ4n) is 3.61. The van der Waals surface area contributed by atoms with Gasteiger partial charge in [-0.25, -0.2) is 9.23 Å². The van der Waals surface area contributed by atoms with Crippen molar-refractivity contribution in [3.8, 4) is 0 Å². The Morgan fingerprint density at radius 3 is 2.48 bits per heavy atom. The van der Waals surface area contributed by atoms with Gasteiger partial charge in [-0.1, -0.05) is 24.3 Å². The number of carbonyl (C=O) groups excluding carboxylic acids is 1. The standard InChI is InChI=1S/C17H15ClF7NO3/c1-2-28-13(27)11-12-10-6-4-3-5-9(10)7-8-26(12)29-14(11,19)15(20,21)16(22,23)17(18,24)25/h3-6,11-12H,2,7-8H2,1H3/t11-,12+,14+/m1/s1. The van der Waals surface area contributed by atoms with Gasteiger partial charge in [0.25, 0.3) is 0 Å². The van der Waals surface area contributed by atoms with Crippen LogP contribution in [0.15, 0.2) is 24.3 Å². The molecule has 2 heterocycles. The van der Waals surface area contributed by atoms with Crippen molar-refractivity contribution in [2.24, 2.45) is 5.92 Å². The van der Waals surface area contributed by atoms with E-state index >= 15 is 4.39 Å². The molecule has 1 fully saturated rings. The van der Waals surface area contributed by atoms with Gasteiger partial charge in [0.05, 0.1) is 12.6 Å². The lowest BCUT2D eigenvalue weighted by molar-refractivity contribution is -0.403. The number of halogens is 8. The highest BCUT2D eigenvalue weighted by Gasteiger charge is 2.85. The molecule has 1 aromatic rings. The van der Waals surface area contributed by atoms with Crippen molar-refractivity contribution in [2.45, 2.75) is 42.5 Å². The second kappa shape index (κ2) is 6.98. The maximum absolute atomic E-state index is 15.6. The zero-order chi connectivity index (χ0) is 21.8. The smallest absolute Gasteiger partial charge is 0.392 e. The number of carbonyl (C=O) groups is 1. The lowest BCUT2D eigenvalue weighted by Crippen LogP contribution is -2.65. The molecule has 12 heteroatoms. The van der Waals surface area contributed by atoms with E-state index < -0.39 is 47.6 Å². The van der Waals surface area contributed by atoms with Crippen molar-refractivity contribution in [1.82, 2.24) is 5.06 Å². The van der Waals surface area contributed by atoms with Gasteiger partial charge in [0.2, 0.25) is 0 Å². The number of esters is 1. The maximum atomic E-state index is 15.6. The summed E-state index contributed by atoms with van der Waals surface area (Å²) in [7, 11) is 0. The van der Waals surface area contributed by atoms with Crippen LogP contribution >= 0.6 is 11.6 Å². The Bertz CT molecular complexity index is 803. The predicted octanol–water partition coefficient (Wildman–Crippen LogP) is 4.48. The van der Waals surface area contributed by atoms with Crippen LogP contribution in [0.1, 0.15) is 24.1 Å². The molecule has 2 aliphatic heterocycles. The first-order chi connectivity index (χ1) is 13.3. The molecule has 0 aliphatic carbocycles. The molecule has 0 N–H and O–H groups in total. The third-order valence-corrected chi connectivity index (χ3v) is 5.21. The van der Waals surface area contributed by atoms with Crippen LogP contribution in [0.2, 0.25) is 0 Å². The van der Waals surface area contributed by atoms with Gasteiger partial charge in [0.1, 0.15) is 5.92 Å². The molecule has 0 bridgehead atoms. The monoisotopic (exact) mass is 449 g/mol. The summed E-state index contributed by atoms with van der Waals surface area (Å²) in [6, 6.07) is 4.42. The Morgan fingerprint density at radius 1 is 1.28 bits per heavy atom. The van der Waals surface area contributed by atoms with Gasteiger partial charge in [-0.15, -0.1) is 0 Å². The van der Waals surface area contributed by atoms with Crippen molar-refractivity contribution in [1.29, 1.82) is 0 Å². The molecule has 0 amide bonds. The Morgan fingerprint density at radius 2 is 1.90 bits per heavy atom. The van der Waals surface area contributed by atoms with Gasteiger partial charge >= 0.3 is 29.1 Å². The molecule has 162 valence electrons. The minimum absolute atomic E-state index is 0.159. The summed E-state index contributed by atoms with van der Waals surface area (Å²) >= 11 is 4.16. The van der Waals surface area contributed by atoms with Crippen LogP contribution < -0.4 is 0 Å². The number of benzene rings is 1. The number of nitrogens with zero attached hydrogens (tertiary/aromatic N) is 1. The van der Waals surface area contributed by atoms with Gasteiger partial charge in [-0.2, -0.15) is 31.4 Å². The van der Waals surface area contributed by atoms with Crippen LogP contribution in [0.3, 0.4) is 0 Å². The summed E-state index contributed by atoms with van der Waals surface area (Å²) in [4.78, 5) is 16.9. The third-order valence-electron chi connectivity index (χ3n) is 4.97. The first-order valence-corrected chi connectivity index (χ1v) is 8.89. The van der Waals surface area contributed by atoms with Crippen LogP contribution in [0.25, 0.3) is 0 Å². The van der Waals surface area contributed by atoms with Crippen molar-refractivity contribution in [3.05, 3.63) is 35.4 Å². The average Bonchev–Trinajstić information content (AvgIpc) is 2.95. The van der Waals surface area contributed by atoms with Crippen molar-refractivity contribution in [2.75, 3.05) is 13.2 Å². The summed E-state index contributed by atoms with van der Waals surface area (Å²) < 4.78 is 103. The highest BCUT2D eigenvalue weighted by molar-refractivity contribution is 6.22. The molecular formula is C17H15ClF7NO3. The summed E-state index contributed by atoms with van der Waals surface area (Å²) in [5.74, 6) is -21.7. The van der Waals surface area contributed by atoms with Crippen LogP contribution in [0.5, 0.6) is 0 Å². The first-order valence-electron chi connectivity index (χ1n) is 8.51. The number of ether oxygens (including phenoxy) is 1. The van der Waals surface area contributed by atoms with Crippen LogP contribution in [-0.2, 0) is 20.8 Å². The topological polar surface area (TPSA) is 38.8 Å². The molecule has 4 nitrogen and oxygen atoms in total. The highest BCUT2D eigenvalue weighted by Crippen LogP contribution is 2.61. The van der Waals surface area contributed by atoms with Crippen LogP contribution in [0.4, 0.5) is 30.7 Å². The zero-order valence-corrected chi connectivity index (χ0v) is 15.5. The molecule has 3 rings (SSSR count). The third kappa shape index (κ3) is 3.09. The van der Waals surface area contributed by atoms with E-state index in [2.05, 4.69) is 21.2 Å². The molecule has 3 atom stereocenters. The van der Waals surface area contributed by atoms with E-state index in [0.29, 0.717) is 10.6 Å². The second-order valence-electron chi connectivity index (χ2n) is 6.65. The summed E-state index contributed by atoms with van der Waals surface area (Å²) in [6.07, 6.45) is 0.159. The molecule has 1 saturated heterocycles. The number of fused-ring (bicyclic) bond motifs is 3. The normalized spacial score (nSPS) is 28.0. The minimum atomic E-state index is -6.38. The number of alkyl halides is 8. The lowest BCUT2D eigenvalue weighted by Gasteiger charge is -2.37. The molecule has 2 aliphatic rings. The quantitative estimate of drug-likeness (QED) is 0.377. The Labute approximate surface area is 165 Å². The molecule has 0 spiro atoms. The Balaban J connectivity index is 2.17. The second-order valence-corrected chi connectivity index (χ2v) is 7.12. The van der Waals surface area contributed by atoms with Crippen molar-refractivity contribution >= 4 is 17.6 Å². The fraction of sp³-hybridized carbons (Fsp3) is 0.588. The van der Waals surface area contributed by atoms with E-state index in [-0.39, 0.29) is 18.5 Å². The summed E-state index contributed by atoms with van der Waals surface area (Å²) in [6.45, 7) is 0.634. The molecule has 0 unspecified atom stereocenters. The number of hydrogen-bond acceptors (Lipinski definition) is 4. The number of hydrogen-bond donors (Lipinski definition) is 0. The summed E-state index contributed by atoms with van der Waals surface area (Å²) in [5, 5.41) is -5.24. The lowest BCUT2D eigenvalue weighted by atomic mass is 9.80. The average molecular weight is 450 g/mol. The van der Waals surface area contributed by atoms with Gasteiger partial charge in [-0.3, -0.25) is 4.79 Å². The van der Waals surface area contributed by atoms with Gasteiger partial charge < -0.3 is 4.74 Å². The Hall–Kier alpha value is -1.59. The zero-order valence-electron chi connectivity index (χ0n) is 14.8. The molecule has 1 aromatic carbocycles. The SMILES string of the molecule is CCOC(=O)[C@H]1[C@@H]2c3ccccc3CCN2O[C@]1(F)C(F)(F)C(F)(F)C(F)(F)Cl. The first kappa shape index (κ1) is 22.1. The van der Waals surface area contributed by atoms with E-state index in [4.69, 9.17) is 0 Å². The maximum Gasteiger partial charge on any atom is 0.392 e. The van der Waals surface area contributed by atoms with E-state index in [0.717, 1.165) is 0 Å². The van der Waals surface area contributed by atoms with Crippen LogP contribution in [-0.4, -0.2) is 47.3 Å². The van der Waals surface area contributed by atoms with E-state index in [9.17, 15) is 31.1 Å². The van der Waals surface area contributed by atoms with E-state index in [1.807, 2.05) is 0 Å². The van der Waals surface area contributed by atoms with Crippen molar-refractivity contribution in [3.63, 3.8) is 0 Å². The molecule has 0 aromatic heterocycles. The Kier molecular flexibility index (Phi) is 5.32. The molecule has 0 saturated carbocycles. The minimum Gasteiger partial charge on any atom is -0.466 e. The van der Waals surface area contributed by atoms with Crippen LogP contribution in [0, 0.1) is 5.92 Å². The van der Waals surface area contributed by atoms with Gasteiger partial charge in [0, 0.05) is 6.54 Å². The number of hydroxylamine groups is 2. The molecular weight excluding hydrogens is 435 g/mol. The number of rotatable bonds is 5. The highest BCUT2D eigenvalue weighted by atomic mass is 35.5. The van der Waals surface area contributed by atoms with E-state index in [1.54, 1.807) is 12.1 Å².